The van der Waals surface area contributed by atoms with Crippen LogP contribution < -0.4 is 14.8 Å². The van der Waals surface area contributed by atoms with Gasteiger partial charge in [-0.05, 0) is 40.5 Å². The summed E-state index contributed by atoms with van der Waals surface area (Å²) in [6.45, 7) is 6.00. The highest BCUT2D eigenvalue weighted by molar-refractivity contribution is 9.10. The Kier molecular flexibility index (Phi) is 7.11. The van der Waals surface area contributed by atoms with E-state index in [9.17, 15) is 9.90 Å². The molecular weight excluding hydrogens is 326 g/mol. The van der Waals surface area contributed by atoms with Crippen LogP contribution >= 0.6 is 15.9 Å². The van der Waals surface area contributed by atoms with Gasteiger partial charge in [0.25, 0.3) is 5.91 Å². The lowest BCUT2D eigenvalue weighted by molar-refractivity contribution is -0.122. The highest BCUT2D eigenvalue weighted by Gasteiger charge is 2.13. The molecule has 0 atom stereocenters. The number of carbonyl (C=O) groups is 1. The van der Waals surface area contributed by atoms with Crippen molar-refractivity contribution in [2.45, 2.75) is 13.5 Å². The van der Waals surface area contributed by atoms with Gasteiger partial charge in [-0.2, -0.15) is 0 Å². The summed E-state index contributed by atoms with van der Waals surface area (Å²) in [7, 11) is 0. The van der Waals surface area contributed by atoms with Gasteiger partial charge in [-0.1, -0.05) is 6.08 Å². The third kappa shape index (κ3) is 4.86. The van der Waals surface area contributed by atoms with Gasteiger partial charge >= 0.3 is 0 Å². The molecule has 0 aliphatic carbocycles. The molecule has 1 amide bonds. The summed E-state index contributed by atoms with van der Waals surface area (Å²) >= 11 is 3.35. The van der Waals surface area contributed by atoms with Crippen molar-refractivity contribution in [3.8, 4) is 11.5 Å². The average molecular weight is 344 g/mol. The Labute approximate surface area is 126 Å². The van der Waals surface area contributed by atoms with E-state index in [1.807, 2.05) is 6.92 Å². The number of nitrogens with one attached hydrogen (secondary N) is 1. The first-order valence-corrected chi connectivity index (χ1v) is 6.98. The molecule has 0 saturated carbocycles. The number of benzene rings is 1. The van der Waals surface area contributed by atoms with Crippen LogP contribution in [0.1, 0.15) is 12.5 Å². The van der Waals surface area contributed by atoms with Crippen LogP contribution in [0.5, 0.6) is 11.5 Å². The van der Waals surface area contributed by atoms with Crippen LogP contribution in [0, 0.1) is 0 Å². The fourth-order valence-electron chi connectivity index (χ4n) is 1.49. The van der Waals surface area contributed by atoms with Crippen molar-refractivity contribution in [3.63, 3.8) is 0 Å². The van der Waals surface area contributed by atoms with E-state index in [4.69, 9.17) is 9.47 Å². The van der Waals surface area contributed by atoms with Gasteiger partial charge in [-0.25, -0.2) is 0 Å². The van der Waals surface area contributed by atoms with Crippen LogP contribution in [0.4, 0.5) is 0 Å². The van der Waals surface area contributed by atoms with Crippen LogP contribution in [-0.4, -0.2) is 30.8 Å². The first-order chi connectivity index (χ1) is 9.62. The van der Waals surface area contributed by atoms with Gasteiger partial charge in [0.1, 0.15) is 0 Å². The van der Waals surface area contributed by atoms with Gasteiger partial charge in [0.15, 0.2) is 18.1 Å². The number of halogens is 1. The Bertz CT molecular complexity index is 476. The van der Waals surface area contributed by atoms with E-state index in [-0.39, 0.29) is 19.1 Å². The molecule has 0 aromatic heterocycles. The Balaban J connectivity index is 2.81. The molecule has 0 spiro atoms. The smallest absolute Gasteiger partial charge is 0.258 e. The lowest BCUT2D eigenvalue weighted by Crippen LogP contribution is -2.28. The summed E-state index contributed by atoms with van der Waals surface area (Å²) in [5.74, 6) is 0.686. The van der Waals surface area contributed by atoms with Crippen molar-refractivity contribution in [3.05, 3.63) is 34.8 Å². The molecule has 1 aromatic carbocycles. The molecule has 0 unspecified atom stereocenters. The maximum atomic E-state index is 11.5. The van der Waals surface area contributed by atoms with E-state index >= 15 is 0 Å². The lowest BCUT2D eigenvalue weighted by atomic mass is 10.2. The summed E-state index contributed by atoms with van der Waals surface area (Å²) < 4.78 is 11.6. The molecule has 1 aromatic rings. The highest BCUT2D eigenvalue weighted by atomic mass is 79.9. The second-order valence-corrected chi connectivity index (χ2v) is 4.73. The number of amides is 1. The van der Waals surface area contributed by atoms with Crippen LogP contribution in [0.25, 0.3) is 0 Å². The minimum Gasteiger partial charge on any atom is -0.490 e. The van der Waals surface area contributed by atoms with Crippen molar-refractivity contribution in [1.82, 2.24) is 5.32 Å². The van der Waals surface area contributed by atoms with Crippen molar-refractivity contribution in [2.75, 3.05) is 19.8 Å². The molecule has 0 fully saturated rings. The van der Waals surface area contributed by atoms with Crippen LogP contribution in [0.15, 0.2) is 29.3 Å². The van der Waals surface area contributed by atoms with Gasteiger partial charge < -0.3 is 19.9 Å². The van der Waals surface area contributed by atoms with Gasteiger partial charge in [-0.15, -0.1) is 6.58 Å². The molecule has 0 heterocycles. The second kappa shape index (κ2) is 8.60. The van der Waals surface area contributed by atoms with E-state index in [1.54, 1.807) is 18.2 Å². The SMILES string of the molecule is C=CCNC(=O)COc1c(Br)cc(CO)cc1OCC. The zero-order valence-electron chi connectivity index (χ0n) is 11.3. The standard InChI is InChI=1S/C14H18BrNO4/c1-3-5-16-13(18)9-20-14-11(15)6-10(8-17)7-12(14)19-4-2/h3,6-7,17H,1,4-5,8-9H2,2H3,(H,16,18). The molecule has 0 aliphatic rings. The number of ether oxygens (including phenoxy) is 2. The fraction of sp³-hybridized carbons (Fsp3) is 0.357. The molecule has 0 bridgehead atoms. The van der Waals surface area contributed by atoms with E-state index in [0.717, 1.165) is 0 Å². The van der Waals surface area contributed by atoms with Crippen molar-refractivity contribution in [1.29, 1.82) is 0 Å². The zero-order chi connectivity index (χ0) is 15.0. The molecule has 0 aliphatic heterocycles. The third-order valence-electron chi connectivity index (χ3n) is 2.34. The monoisotopic (exact) mass is 343 g/mol. The summed E-state index contributed by atoms with van der Waals surface area (Å²) in [4.78, 5) is 11.5. The minimum atomic E-state index is -0.245. The van der Waals surface area contributed by atoms with E-state index in [2.05, 4.69) is 27.8 Å². The molecule has 6 heteroatoms. The highest BCUT2D eigenvalue weighted by Crippen LogP contribution is 2.36. The van der Waals surface area contributed by atoms with Gasteiger partial charge in [0.2, 0.25) is 0 Å². The van der Waals surface area contributed by atoms with E-state index < -0.39 is 0 Å². The Hall–Kier alpha value is -1.53. The number of aliphatic hydroxyl groups excluding tert-OH is 1. The van der Waals surface area contributed by atoms with E-state index in [0.29, 0.717) is 34.7 Å². The summed E-state index contributed by atoms with van der Waals surface area (Å²) in [6, 6.07) is 3.41. The summed E-state index contributed by atoms with van der Waals surface area (Å²) in [5.41, 5.74) is 0.698. The normalized spacial score (nSPS) is 9.95. The average Bonchev–Trinajstić information content (AvgIpc) is 2.44. The molecule has 1 rings (SSSR count). The maximum absolute atomic E-state index is 11.5. The summed E-state index contributed by atoms with van der Waals surface area (Å²) in [6.07, 6.45) is 1.59. The predicted octanol–water partition coefficient (Wildman–Crippen LogP) is 2.02. The number of carbonyl (C=O) groups excluding carboxylic acids is 1. The number of aliphatic hydroxyl groups is 1. The largest absolute Gasteiger partial charge is 0.490 e. The van der Waals surface area contributed by atoms with Gasteiger partial charge in [0.05, 0.1) is 17.7 Å². The van der Waals surface area contributed by atoms with Crippen LogP contribution in [-0.2, 0) is 11.4 Å². The van der Waals surface area contributed by atoms with Crippen molar-refractivity contribution in [2.24, 2.45) is 0 Å². The van der Waals surface area contributed by atoms with E-state index in [1.165, 1.54) is 0 Å². The Morgan fingerprint density at radius 2 is 2.25 bits per heavy atom. The Morgan fingerprint density at radius 3 is 2.85 bits per heavy atom. The maximum Gasteiger partial charge on any atom is 0.258 e. The first-order valence-electron chi connectivity index (χ1n) is 6.18. The number of hydrogen-bond donors (Lipinski definition) is 2. The topological polar surface area (TPSA) is 67.8 Å². The lowest BCUT2D eigenvalue weighted by Gasteiger charge is -2.14. The molecule has 2 N–H and O–H groups in total. The minimum absolute atomic E-state index is 0.0984. The van der Waals surface area contributed by atoms with Crippen LogP contribution in [0.3, 0.4) is 0 Å². The molecule has 110 valence electrons. The predicted molar refractivity (Wildman–Crippen MR) is 79.9 cm³/mol. The molecule has 5 nitrogen and oxygen atoms in total. The summed E-state index contributed by atoms with van der Waals surface area (Å²) in [5, 5.41) is 11.8. The van der Waals surface area contributed by atoms with Crippen LogP contribution in [0.2, 0.25) is 0 Å². The molecule has 0 saturated heterocycles. The molecule has 0 radical (unpaired) electrons. The number of rotatable bonds is 8. The third-order valence-corrected chi connectivity index (χ3v) is 2.93. The number of hydrogen-bond acceptors (Lipinski definition) is 4. The van der Waals surface area contributed by atoms with Gasteiger partial charge in [-0.3, -0.25) is 4.79 Å². The van der Waals surface area contributed by atoms with Gasteiger partial charge in [0, 0.05) is 6.54 Å². The fourth-order valence-corrected chi connectivity index (χ4v) is 2.09. The second-order valence-electron chi connectivity index (χ2n) is 3.88. The Morgan fingerprint density at radius 1 is 1.50 bits per heavy atom. The van der Waals surface area contributed by atoms with Crippen molar-refractivity contribution >= 4 is 21.8 Å². The zero-order valence-corrected chi connectivity index (χ0v) is 12.9. The molecule has 20 heavy (non-hydrogen) atoms. The molecular formula is C14H18BrNO4. The van der Waals surface area contributed by atoms with Crippen molar-refractivity contribution < 1.29 is 19.4 Å². The first kappa shape index (κ1) is 16.5. The quantitative estimate of drug-likeness (QED) is 0.708.